The summed E-state index contributed by atoms with van der Waals surface area (Å²) in [5.74, 6) is 0.317. The number of amides is 2. The van der Waals surface area contributed by atoms with E-state index in [-0.39, 0.29) is 30.0 Å². The number of hydrogen-bond acceptors (Lipinski definition) is 4. The maximum absolute atomic E-state index is 10.8. The van der Waals surface area contributed by atoms with Crippen molar-refractivity contribution in [2.45, 2.75) is 11.6 Å². The highest BCUT2D eigenvalue weighted by Gasteiger charge is 2.34. The molecule has 12 heavy (non-hydrogen) atoms. The summed E-state index contributed by atoms with van der Waals surface area (Å²) in [6, 6.07) is 0. The molecule has 2 rings (SSSR count). The van der Waals surface area contributed by atoms with Gasteiger partial charge in [-0.25, -0.2) is 0 Å². The lowest BCUT2D eigenvalue weighted by Gasteiger charge is -2.15. The summed E-state index contributed by atoms with van der Waals surface area (Å²) in [5.41, 5.74) is 0. The Morgan fingerprint density at radius 3 is 2.67 bits per heavy atom. The van der Waals surface area contributed by atoms with Crippen LogP contribution in [0.3, 0.4) is 0 Å². The van der Waals surface area contributed by atoms with Crippen molar-refractivity contribution in [1.29, 1.82) is 0 Å². The van der Waals surface area contributed by atoms with E-state index in [1.807, 2.05) is 0 Å². The fourth-order valence-corrected chi connectivity index (χ4v) is 2.09. The third-order valence-electron chi connectivity index (χ3n) is 1.67. The quantitative estimate of drug-likeness (QED) is 0.534. The highest BCUT2D eigenvalue weighted by molar-refractivity contribution is 8.01. The summed E-state index contributed by atoms with van der Waals surface area (Å²) in [7, 11) is 0. The van der Waals surface area contributed by atoms with E-state index in [0.717, 1.165) is 0 Å². The van der Waals surface area contributed by atoms with Crippen LogP contribution in [0, 0.1) is 0 Å². The molecule has 0 aromatic heterocycles. The van der Waals surface area contributed by atoms with Crippen LogP contribution in [0.25, 0.3) is 0 Å². The lowest BCUT2D eigenvalue weighted by atomic mass is 10.5. The summed E-state index contributed by atoms with van der Waals surface area (Å²) in [6.07, 6.45) is -0.353. The van der Waals surface area contributed by atoms with E-state index < -0.39 is 0 Å². The molecule has 2 heterocycles. The Labute approximate surface area is 73.2 Å². The van der Waals surface area contributed by atoms with E-state index in [9.17, 15) is 9.59 Å². The molecule has 0 radical (unpaired) electrons. The molecule has 2 unspecified atom stereocenters. The molecule has 0 bridgehead atoms. The lowest BCUT2D eigenvalue weighted by Crippen LogP contribution is -2.42. The van der Waals surface area contributed by atoms with Crippen LogP contribution in [0.15, 0.2) is 0 Å². The maximum Gasteiger partial charge on any atom is 0.248 e. The number of hydrogen-bond donors (Lipinski definition) is 2. The smallest absolute Gasteiger partial charge is 0.248 e. The maximum atomic E-state index is 10.8. The van der Waals surface area contributed by atoms with Gasteiger partial charge in [0.2, 0.25) is 11.8 Å². The van der Waals surface area contributed by atoms with Crippen molar-refractivity contribution in [3.05, 3.63) is 0 Å². The Bertz CT molecular complexity index is 209. The molecule has 66 valence electrons. The molecule has 0 saturated carbocycles. The zero-order valence-electron chi connectivity index (χ0n) is 6.20. The Kier molecular flexibility index (Phi) is 1.93. The Morgan fingerprint density at radius 2 is 2.17 bits per heavy atom. The molecule has 6 heteroatoms. The second-order valence-corrected chi connectivity index (χ2v) is 3.73. The van der Waals surface area contributed by atoms with Crippen LogP contribution in [0.1, 0.15) is 0 Å². The van der Waals surface area contributed by atoms with Crippen molar-refractivity contribution >= 4 is 23.6 Å². The van der Waals surface area contributed by atoms with Gasteiger partial charge in [-0.2, -0.15) is 0 Å². The first-order valence-corrected chi connectivity index (χ1v) is 4.62. The van der Waals surface area contributed by atoms with Crippen LogP contribution >= 0.6 is 11.8 Å². The topological polar surface area (TPSA) is 67.4 Å². The van der Waals surface area contributed by atoms with E-state index in [0.29, 0.717) is 5.75 Å². The standard InChI is InChI=1S/C6H8N2O3S/c9-3-1-11-5(7-3)6-8-4(10)2-12-6/h5-6H,1-2H2,(H,7,9)(H,8,10). The molecule has 2 saturated heterocycles. The second-order valence-electron chi connectivity index (χ2n) is 2.60. The molecular formula is C6H8N2O3S. The van der Waals surface area contributed by atoms with E-state index in [1.54, 1.807) is 0 Å². The van der Waals surface area contributed by atoms with Crippen LogP contribution in [0.4, 0.5) is 0 Å². The third kappa shape index (κ3) is 1.39. The van der Waals surface area contributed by atoms with Gasteiger partial charge in [-0.15, -0.1) is 11.8 Å². The SMILES string of the molecule is O=C1COC(C2NC(=O)CS2)N1. The van der Waals surface area contributed by atoms with Gasteiger partial charge in [0.1, 0.15) is 12.0 Å². The number of nitrogens with one attached hydrogen (secondary N) is 2. The van der Waals surface area contributed by atoms with Crippen molar-refractivity contribution < 1.29 is 14.3 Å². The zero-order valence-corrected chi connectivity index (χ0v) is 7.02. The van der Waals surface area contributed by atoms with Gasteiger partial charge < -0.3 is 15.4 Å². The molecule has 2 N–H and O–H groups in total. The minimum absolute atomic E-state index is 0.00486. The first-order chi connectivity index (χ1) is 5.75. The van der Waals surface area contributed by atoms with Gasteiger partial charge >= 0.3 is 0 Å². The number of thioether (sulfide) groups is 1. The minimum Gasteiger partial charge on any atom is -0.346 e. The minimum atomic E-state index is -0.353. The normalized spacial score (nSPS) is 35.0. The first kappa shape index (κ1) is 7.88. The summed E-state index contributed by atoms with van der Waals surface area (Å²) < 4.78 is 5.10. The van der Waals surface area contributed by atoms with Gasteiger partial charge in [0.25, 0.3) is 0 Å². The first-order valence-electron chi connectivity index (χ1n) is 3.57. The van der Waals surface area contributed by atoms with Gasteiger partial charge in [0.05, 0.1) is 5.75 Å². The van der Waals surface area contributed by atoms with Crippen molar-refractivity contribution in [2.75, 3.05) is 12.4 Å². The molecule has 0 aromatic rings. The van der Waals surface area contributed by atoms with Crippen molar-refractivity contribution in [3.8, 4) is 0 Å². The van der Waals surface area contributed by atoms with Crippen molar-refractivity contribution in [1.82, 2.24) is 10.6 Å². The van der Waals surface area contributed by atoms with Crippen LogP contribution in [-0.4, -0.2) is 35.8 Å². The fourth-order valence-electron chi connectivity index (χ4n) is 1.14. The largest absolute Gasteiger partial charge is 0.346 e. The van der Waals surface area contributed by atoms with Gasteiger partial charge in [0, 0.05) is 0 Å². The third-order valence-corrected chi connectivity index (χ3v) is 2.82. The van der Waals surface area contributed by atoms with Crippen LogP contribution in [0.2, 0.25) is 0 Å². The number of rotatable bonds is 1. The predicted molar refractivity (Wildman–Crippen MR) is 42.3 cm³/mol. The molecular weight excluding hydrogens is 180 g/mol. The van der Waals surface area contributed by atoms with E-state index in [1.165, 1.54) is 11.8 Å². The molecule has 2 fully saturated rings. The van der Waals surface area contributed by atoms with Crippen molar-refractivity contribution in [2.24, 2.45) is 0 Å². The zero-order chi connectivity index (χ0) is 8.55. The predicted octanol–water partition coefficient (Wildman–Crippen LogP) is -1.35. The molecule has 5 nitrogen and oxygen atoms in total. The summed E-state index contributed by atoms with van der Waals surface area (Å²) in [6.45, 7) is 0.0948. The van der Waals surface area contributed by atoms with Crippen molar-refractivity contribution in [3.63, 3.8) is 0 Å². The van der Waals surface area contributed by atoms with E-state index >= 15 is 0 Å². The number of carbonyl (C=O) groups excluding carboxylic acids is 2. The van der Waals surface area contributed by atoms with E-state index in [4.69, 9.17) is 4.74 Å². The molecule has 2 amide bonds. The highest BCUT2D eigenvalue weighted by Crippen LogP contribution is 2.20. The number of carbonyl (C=O) groups is 2. The average Bonchev–Trinajstić information content (AvgIpc) is 2.58. The Balaban J connectivity index is 1.93. The molecule has 2 aliphatic heterocycles. The Morgan fingerprint density at radius 1 is 1.33 bits per heavy atom. The highest BCUT2D eigenvalue weighted by atomic mass is 32.2. The second kappa shape index (κ2) is 2.95. The molecule has 0 aliphatic carbocycles. The molecule has 0 aromatic carbocycles. The summed E-state index contributed by atoms with van der Waals surface area (Å²) in [4.78, 5) is 21.5. The van der Waals surface area contributed by atoms with Crippen LogP contribution < -0.4 is 10.6 Å². The van der Waals surface area contributed by atoms with Gasteiger partial charge in [-0.1, -0.05) is 0 Å². The summed E-state index contributed by atoms with van der Waals surface area (Å²) in [5, 5.41) is 5.20. The van der Waals surface area contributed by atoms with Crippen LogP contribution in [0.5, 0.6) is 0 Å². The molecule has 2 atom stereocenters. The summed E-state index contributed by atoms with van der Waals surface area (Å²) >= 11 is 1.45. The average molecular weight is 188 g/mol. The fraction of sp³-hybridized carbons (Fsp3) is 0.667. The monoisotopic (exact) mass is 188 g/mol. The molecule has 2 aliphatic rings. The number of ether oxygens (including phenoxy) is 1. The van der Waals surface area contributed by atoms with Gasteiger partial charge in [0.15, 0.2) is 6.23 Å². The Hall–Kier alpha value is -0.750. The van der Waals surface area contributed by atoms with Gasteiger partial charge in [-0.05, 0) is 0 Å². The van der Waals surface area contributed by atoms with Crippen LogP contribution in [-0.2, 0) is 14.3 Å². The lowest BCUT2D eigenvalue weighted by molar-refractivity contribution is -0.120. The van der Waals surface area contributed by atoms with Gasteiger partial charge in [-0.3, -0.25) is 9.59 Å². The molecule has 0 spiro atoms. The van der Waals surface area contributed by atoms with E-state index in [2.05, 4.69) is 10.6 Å².